The van der Waals surface area contributed by atoms with E-state index in [0.29, 0.717) is 6.42 Å². The number of anilines is 1. The molecule has 1 unspecified atom stereocenters. The summed E-state index contributed by atoms with van der Waals surface area (Å²) >= 11 is 0. The van der Waals surface area contributed by atoms with E-state index >= 15 is 0 Å². The van der Waals surface area contributed by atoms with Crippen LogP contribution in [0.25, 0.3) is 0 Å². The van der Waals surface area contributed by atoms with Gasteiger partial charge < -0.3 is 15.7 Å². The summed E-state index contributed by atoms with van der Waals surface area (Å²) in [5.41, 5.74) is 1.14. The highest BCUT2D eigenvalue weighted by Crippen LogP contribution is 2.20. The Morgan fingerprint density at radius 1 is 1.04 bits per heavy atom. The number of amides is 2. The van der Waals surface area contributed by atoms with E-state index in [1.807, 2.05) is 30.3 Å². The summed E-state index contributed by atoms with van der Waals surface area (Å²) in [5, 5.41) is 14.2. The molecule has 0 saturated carbocycles. The van der Waals surface area contributed by atoms with E-state index in [0.717, 1.165) is 11.8 Å². The summed E-state index contributed by atoms with van der Waals surface area (Å²) in [6.45, 7) is 0. The molecule has 1 atom stereocenters. The van der Waals surface area contributed by atoms with Crippen molar-refractivity contribution < 1.29 is 23.1 Å². The molecule has 0 aliphatic heterocycles. The van der Waals surface area contributed by atoms with Crippen molar-refractivity contribution in [2.45, 2.75) is 30.2 Å². The monoisotopic (exact) mass is 390 g/mol. The third kappa shape index (κ3) is 6.74. The van der Waals surface area contributed by atoms with E-state index in [9.17, 15) is 18.0 Å². The zero-order valence-electron chi connectivity index (χ0n) is 14.9. The Bertz CT molecular complexity index is 897. The van der Waals surface area contributed by atoms with Crippen LogP contribution in [0.15, 0.2) is 59.5 Å². The second-order valence-electron chi connectivity index (χ2n) is 6.19. The van der Waals surface area contributed by atoms with Gasteiger partial charge in [0.25, 0.3) is 0 Å². The summed E-state index contributed by atoms with van der Waals surface area (Å²) < 4.78 is 23.7. The van der Waals surface area contributed by atoms with Crippen molar-refractivity contribution in [1.29, 1.82) is 0 Å². The van der Waals surface area contributed by atoms with Crippen LogP contribution in [0.4, 0.5) is 10.5 Å². The van der Waals surface area contributed by atoms with Crippen molar-refractivity contribution in [3.63, 3.8) is 0 Å². The number of para-hydroxylation sites is 1. The number of aliphatic carboxylic acids is 1. The molecule has 0 bridgehead atoms. The largest absolute Gasteiger partial charge is 0.481 e. The molecular formula is C19H22N2O5S. The molecule has 0 aliphatic carbocycles. The molecule has 2 amide bonds. The van der Waals surface area contributed by atoms with E-state index in [2.05, 4.69) is 10.6 Å². The zero-order valence-corrected chi connectivity index (χ0v) is 15.7. The molecule has 0 saturated heterocycles. The van der Waals surface area contributed by atoms with Gasteiger partial charge in [0, 0.05) is 18.7 Å². The molecule has 0 fully saturated rings. The van der Waals surface area contributed by atoms with Crippen molar-refractivity contribution in [3.8, 4) is 0 Å². The summed E-state index contributed by atoms with van der Waals surface area (Å²) in [6, 6.07) is 14.5. The molecule has 2 aromatic carbocycles. The van der Waals surface area contributed by atoms with Crippen LogP contribution in [0.3, 0.4) is 0 Å². The van der Waals surface area contributed by atoms with Crippen LogP contribution >= 0.6 is 0 Å². The van der Waals surface area contributed by atoms with E-state index in [1.165, 1.54) is 12.1 Å². The molecule has 2 aromatic rings. The lowest BCUT2D eigenvalue weighted by Gasteiger charge is -2.19. The van der Waals surface area contributed by atoms with Gasteiger partial charge in [0.15, 0.2) is 9.84 Å². The fraction of sp³-hybridized carbons (Fsp3) is 0.263. The smallest absolute Gasteiger partial charge is 0.319 e. The van der Waals surface area contributed by atoms with Crippen molar-refractivity contribution in [1.82, 2.24) is 5.32 Å². The van der Waals surface area contributed by atoms with Crippen LogP contribution < -0.4 is 10.6 Å². The summed E-state index contributed by atoms with van der Waals surface area (Å²) in [6.07, 6.45) is 1.70. The number of hydrogen-bond donors (Lipinski definition) is 3. The van der Waals surface area contributed by atoms with Crippen LogP contribution in [0.5, 0.6) is 0 Å². The number of urea groups is 1. The molecule has 0 aromatic heterocycles. The van der Waals surface area contributed by atoms with Gasteiger partial charge >= 0.3 is 12.0 Å². The maximum atomic E-state index is 12.4. The minimum Gasteiger partial charge on any atom is -0.481 e. The highest BCUT2D eigenvalue weighted by molar-refractivity contribution is 7.90. The van der Waals surface area contributed by atoms with Crippen molar-refractivity contribution in [2.24, 2.45) is 0 Å². The molecule has 0 heterocycles. The highest BCUT2D eigenvalue weighted by atomic mass is 32.2. The topological polar surface area (TPSA) is 113 Å². The third-order valence-corrected chi connectivity index (χ3v) is 5.06. The Labute approximate surface area is 158 Å². The molecule has 3 N–H and O–H groups in total. The summed E-state index contributed by atoms with van der Waals surface area (Å²) in [5.74, 6) is -0.947. The van der Waals surface area contributed by atoms with Crippen LogP contribution in [0, 0.1) is 0 Å². The van der Waals surface area contributed by atoms with Gasteiger partial charge in [-0.3, -0.25) is 4.79 Å². The van der Waals surface area contributed by atoms with Gasteiger partial charge in [0.2, 0.25) is 0 Å². The number of benzene rings is 2. The molecule has 0 radical (unpaired) electrons. The molecule has 144 valence electrons. The van der Waals surface area contributed by atoms with Gasteiger partial charge in [0.05, 0.1) is 10.6 Å². The highest BCUT2D eigenvalue weighted by Gasteiger charge is 2.18. The number of nitrogens with one attached hydrogen (secondary N) is 2. The molecule has 27 heavy (non-hydrogen) atoms. The Morgan fingerprint density at radius 3 is 2.30 bits per heavy atom. The first-order chi connectivity index (χ1) is 12.8. The van der Waals surface area contributed by atoms with Crippen molar-refractivity contribution in [3.05, 3.63) is 60.2 Å². The first kappa shape index (κ1) is 20.4. The predicted octanol–water partition coefficient (Wildman–Crippen LogP) is 2.69. The van der Waals surface area contributed by atoms with Gasteiger partial charge in [0.1, 0.15) is 0 Å². The van der Waals surface area contributed by atoms with Gasteiger partial charge in [-0.15, -0.1) is 0 Å². The van der Waals surface area contributed by atoms with E-state index < -0.39 is 27.9 Å². The fourth-order valence-corrected chi connectivity index (χ4v) is 3.50. The van der Waals surface area contributed by atoms with Gasteiger partial charge in [-0.25, -0.2) is 13.2 Å². The Kier molecular flexibility index (Phi) is 6.95. The van der Waals surface area contributed by atoms with Gasteiger partial charge in [-0.05, 0) is 30.5 Å². The molecule has 8 heteroatoms. The minimum atomic E-state index is -3.50. The quantitative estimate of drug-likeness (QED) is 0.641. The number of carboxylic acid groups (broad SMARTS) is 1. The number of carbonyl (C=O) groups is 2. The normalized spacial score (nSPS) is 12.2. The van der Waals surface area contributed by atoms with E-state index in [4.69, 9.17) is 5.11 Å². The standard InChI is InChI=1S/C19H22N2O5S/c1-27(25,26)17-10-6-5-9-16(17)21-19(24)20-15(11-12-18(22)23)13-14-7-3-2-4-8-14/h2-10,15H,11-13H2,1H3,(H,22,23)(H2,20,21,24). The number of carboxylic acids is 1. The van der Waals surface area contributed by atoms with Crippen LogP contribution in [-0.4, -0.2) is 37.8 Å². The third-order valence-electron chi connectivity index (χ3n) is 3.90. The van der Waals surface area contributed by atoms with Crippen molar-refractivity contribution in [2.75, 3.05) is 11.6 Å². The summed E-state index contributed by atoms with van der Waals surface area (Å²) in [4.78, 5) is 23.3. The first-order valence-corrected chi connectivity index (χ1v) is 10.3. The average Bonchev–Trinajstić information content (AvgIpc) is 2.60. The van der Waals surface area contributed by atoms with E-state index in [1.54, 1.807) is 12.1 Å². The number of carbonyl (C=O) groups excluding carboxylic acids is 1. The average molecular weight is 390 g/mol. The lowest BCUT2D eigenvalue weighted by molar-refractivity contribution is -0.137. The number of rotatable bonds is 8. The van der Waals surface area contributed by atoms with Crippen molar-refractivity contribution >= 4 is 27.5 Å². The summed E-state index contributed by atoms with van der Waals surface area (Å²) in [7, 11) is -3.50. The number of hydrogen-bond acceptors (Lipinski definition) is 4. The van der Waals surface area contributed by atoms with E-state index in [-0.39, 0.29) is 23.4 Å². The molecular weight excluding hydrogens is 368 g/mol. The Hall–Kier alpha value is -2.87. The predicted molar refractivity (Wildman–Crippen MR) is 103 cm³/mol. The Morgan fingerprint density at radius 2 is 1.67 bits per heavy atom. The minimum absolute atomic E-state index is 0.0188. The second kappa shape index (κ2) is 9.18. The van der Waals surface area contributed by atoms with Crippen LogP contribution in [0.1, 0.15) is 18.4 Å². The first-order valence-electron chi connectivity index (χ1n) is 8.38. The lowest BCUT2D eigenvalue weighted by Crippen LogP contribution is -2.39. The van der Waals surface area contributed by atoms with Gasteiger partial charge in [-0.1, -0.05) is 42.5 Å². The maximum Gasteiger partial charge on any atom is 0.319 e. The van der Waals surface area contributed by atoms with Crippen LogP contribution in [0.2, 0.25) is 0 Å². The second-order valence-corrected chi connectivity index (χ2v) is 8.17. The zero-order chi connectivity index (χ0) is 19.9. The Balaban J connectivity index is 2.10. The molecule has 0 spiro atoms. The SMILES string of the molecule is CS(=O)(=O)c1ccccc1NC(=O)NC(CCC(=O)O)Cc1ccccc1. The van der Waals surface area contributed by atoms with Crippen LogP contribution in [-0.2, 0) is 21.1 Å². The molecule has 7 nitrogen and oxygen atoms in total. The number of sulfone groups is 1. The maximum absolute atomic E-state index is 12.4. The fourth-order valence-electron chi connectivity index (χ4n) is 2.66. The van der Waals surface area contributed by atoms with Gasteiger partial charge in [-0.2, -0.15) is 0 Å². The lowest BCUT2D eigenvalue weighted by atomic mass is 10.0. The molecule has 2 rings (SSSR count). The molecule has 0 aliphatic rings.